The van der Waals surface area contributed by atoms with Gasteiger partial charge in [-0.25, -0.2) is 0 Å². The summed E-state index contributed by atoms with van der Waals surface area (Å²) < 4.78 is 5.46. The second kappa shape index (κ2) is 9.71. The molecule has 3 rings (SSSR count). The number of esters is 1. The molecule has 0 saturated carbocycles. The number of rotatable bonds is 8. The third-order valence-electron chi connectivity index (χ3n) is 4.99. The maximum absolute atomic E-state index is 12.5. The number of ether oxygens (including phenoxy) is 1. The first kappa shape index (κ1) is 22.4. The fraction of sp³-hybridized carbons (Fsp3) is 0.259. The average molecular weight is 416 g/mol. The van der Waals surface area contributed by atoms with E-state index in [2.05, 4.69) is 5.32 Å². The molecule has 0 heterocycles. The average Bonchev–Trinajstić information content (AvgIpc) is 2.77. The summed E-state index contributed by atoms with van der Waals surface area (Å²) in [6, 6.07) is 29.2. The van der Waals surface area contributed by atoms with Crippen LogP contribution in [0.3, 0.4) is 0 Å². The van der Waals surface area contributed by atoms with Crippen LogP contribution in [0.4, 0.5) is 0 Å². The number of nitrogens with one attached hydrogen (secondary N) is 1. The standard InChI is InChI=1S/C27H29NO3/c1-26(2,3)31-25(30)19-24(20-29)28-27(21-13-7-4-8-14-21,22-15-9-5-10-16-22)23-17-11-6-12-18-23/h4-18,20,24,28H,19H2,1-3H3/t24-/m0/s1. The van der Waals surface area contributed by atoms with Crippen molar-refractivity contribution in [2.75, 3.05) is 0 Å². The van der Waals surface area contributed by atoms with Gasteiger partial charge in [0.2, 0.25) is 0 Å². The number of carbonyl (C=O) groups excluding carboxylic acids is 2. The number of hydrogen-bond acceptors (Lipinski definition) is 4. The molecule has 31 heavy (non-hydrogen) atoms. The van der Waals surface area contributed by atoms with E-state index in [1.165, 1.54) is 0 Å². The highest BCUT2D eigenvalue weighted by Crippen LogP contribution is 2.37. The monoisotopic (exact) mass is 415 g/mol. The zero-order chi connectivity index (χ0) is 22.3. The van der Waals surface area contributed by atoms with Gasteiger partial charge in [0.25, 0.3) is 0 Å². The van der Waals surface area contributed by atoms with Crippen molar-refractivity contribution in [1.29, 1.82) is 0 Å². The predicted octanol–water partition coefficient (Wildman–Crippen LogP) is 4.87. The minimum atomic E-state index is -0.822. The van der Waals surface area contributed by atoms with E-state index in [0.29, 0.717) is 0 Å². The Hall–Kier alpha value is -3.24. The fourth-order valence-corrected chi connectivity index (χ4v) is 3.79. The Balaban J connectivity index is 2.11. The van der Waals surface area contributed by atoms with Crippen LogP contribution in [0.25, 0.3) is 0 Å². The third kappa shape index (κ3) is 5.47. The van der Waals surface area contributed by atoms with Crippen LogP contribution in [0, 0.1) is 0 Å². The molecule has 1 N–H and O–H groups in total. The van der Waals surface area contributed by atoms with E-state index in [9.17, 15) is 9.59 Å². The van der Waals surface area contributed by atoms with Gasteiger partial charge in [-0.05, 0) is 37.5 Å². The molecule has 0 amide bonds. The number of aldehydes is 1. The van der Waals surface area contributed by atoms with Crippen LogP contribution in [-0.2, 0) is 19.9 Å². The Morgan fingerprint density at radius 3 is 1.52 bits per heavy atom. The van der Waals surface area contributed by atoms with Gasteiger partial charge in [-0.3, -0.25) is 10.1 Å². The molecular formula is C27H29NO3. The number of hydrogen-bond donors (Lipinski definition) is 1. The highest BCUT2D eigenvalue weighted by atomic mass is 16.6. The Bertz CT molecular complexity index is 883. The lowest BCUT2D eigenvalue weighted by Gasteiger charge is -2.39. The molecule has 160 valence electrons. The van der Waals surface area contributed by atoms with Crippen LogP contribution >= 0.6 is 0 Å². The van der Waals surface area contributed by atoms with Crippen LogP contribution in [0.5, 0.6) is 0 Å². The van der Waals surface area contributed by atoms with Gasteiger partial charge in [-0.1, -0.05) is 91.0 Å². The molecule has 4 nitrogen and oxygen atoms in total. The van der Waals surface area contributed by atoms with E-state index >= 15 is 0 Å². The first-order valence-electron chi connectivity index (χ1n) is 10.5. The molecule has 0 aliphatic rings. The quantitative estimate of drug-likeness (QED) is 0.324. The first-order valence-corrected chi connectivity index (χ1v) is 10.5. The molecule has 0 saturated heterocycles. The smallest absolute Gasteiger partial charge is 0.308 e. The molecule has 0 aromatic heterocycles. The van der Waals surface area contributed by atoms with Crippen molar-refractivity contribution >= 4 is 12.3 Å². The van der Waals surface area contributed by atoms with Crippen LogP contribution < -0.4 is 5.32 Å². The van der Waals surface area contributed by atoms with Crippen LogP contribution in [0.2, 0.25) is 0 Å². The van der Waals surface area contributed by atoms with E-state index < -0.39 is 23.2 Å². The third-order valence-corrected chi connectivity index (χ3v) is 4.99. The molecule has 0 radical (unpaired) electrons. The van der Waals surface area contributed by atoms with Gasteiger partial charge >= 0.3 is 5.97 Å². The van der Waals surface area contributed by atoms with Crippen LogP contribution in [0.1, 0.15) is 43.9 Å². The largest absolute Gasteiger partial charge is 0.460 e. The summed E-state index contributed by atoms with van der Waals surface area (Å²) in [5, 5.41) is 3.51. The zero-order valence-corrected chi connectivity index (χ0v) is 18.2. The van der Waals surface area contributed by atoms with Gasteiger partial charge in [0.15, 0.2) is 0 Å². The summed E-state index contributed by atoms with van der Waals surface area (Å²) in [4.78, 5) is 24.6. The molecule has 3 aromatic rings. The maximum atomic E-state index is 12.5. The van der Waals surface area contributed by atoms with Gasteiger partial charge in [0.1, 0.15) is 11.9 Å². The van der Waals surface area contributed by atoms with Crippen molar-refractivity contribution in [2.24, 2.45) is 0 Å². The summed E-state index contributed by atoms with van der Waals surface area (Å²) in [6.45, 7) is 5.45. The topological polar surface area (TPSA) is 55.4 Å². The summed E-state index contributed by atoms with van der Waals surface area (Å²) in [6.07, 6.45) is 0.725. The SMILES string of the molecule is CC(C)(C)OC(=O)C[C@@H](C=O)NC(c1ccccc1)(c1ccccc1)c1ccccc1. The predicted molar refractivity (Wildman–Crippen MR) is 123 cm³/mol. The summed E-state index contributed by atoms with van der Waals surface area (Å²) in [5.41, 5.74) is 1.49. The normalized spacial score (nSPS) is 12.7. The van der Waals surface area contributed by atoms with E-state index in [0.717, 1.165) is 23.0 Å². The molecule has 0 unspecified atom stereocenters. The lowest BCUT2D eigenvalue weighted by atomic mass is 9.76. The Morgan fingerprint density at radius 2 is 1.19 bits per heavy atom. The van der Waals surface area contributed by atoms with Gasteiger partial charge in [-0.15, -0.1) is 0 Å². The van der Waals surface area contributed by atoms with Crippen LogP contribution in [0.15, 0.2) is 91.0 Å². The Morgan fingerprint density at radius 1 is 0.806 bits per heavy atom. The maximum Gasteiger partial charge on any atom is 0.308 e. The van der Waals surface area contributed by atoms with Gasteiger partial charge < -0.3 is 9.53 Å². The molecule has 0 spiro atoms. The summed E-state index contributed by atoms with van der Waals surface area (Å²) in [5.74, 6) is -0.416. The van der Waals surface area contributed by atoms with Crippen molar-refractivity contribution in [1.82, 2.24) is 5.32 Å². The molecule has 0 aliphatic heterocycles. The zero-order valence-electron chi connectivity index (χ0n) is 18.2. The Kier molecular flexibility index (Phi) is 7.03. The lowest BCUT2D eigenvalue weighted by molar-refractivity contribution is -0.156. The molecule has 4 heteroatoms. The molecule has 1 atom stereocenters. The van der Waals surface area contributed by atoms with E-state index in [-0.39, 0.29) is 6.42 Å². The van der Waals surface area contributed by atoms with Crippen molar-refractivity contribution in [3.05, 3.63) is 108 Å². The van der Waals surface area contributed by atoms with E-state index in [1.54, 1.807) is 0 Å². The minimum absolute atomic E-state index is 0.0605. The summed E-state index contributed by atoms with van der Waals surface area (Å²) >= 11 is 0. The van der Waals surface area contributed by atoms with Gasteiger partial charge in [0.05, 0.1) is 18.0 Å². The molecule has 0 fully saturated rings. The van der Waals surface area contributed by atoms with Gasteiger partial charge in [-0.2, -0.15) is 0 Å². The lowest BCUT2D eigenvalue weighted by Crippen LogP contribution is -2.51. The van der Waals surface area contributed by atoms with Gasteiger partial charge in [0, 0.05) is 0 Å². The van der Waals surface area contributed by atoms with Crippen molar-refractivity contribution < 1.29 is 14.3 Å². The summed E-state index contributed by atoms with van der Waals surface area (Å²) in [7, 11) is 0. The second-order valence-electron chi connectivity index (χ2n) is 8.53. The van der Waals surface area contributed by atoms with Crippen molar-refractivity contribution in [3.8, 4) is 0 Å². The van der Waals surface area contributed by atoms with Crippen molar-refractivity contribution in [2.45, 2.75) is 44.4 Å². The molecule has 0 bridgehead atoms. The second-order valence-corrected chi connectivity index (χ2v) is 8.53. The number of benzene rings is 3. The molecule has 3 aromatic carbocycles. The van der Waals surface area contributed by atoms with Crippen LogP contribution in [-0.4, -0.2) is 23.9 Å². The molecular weight excluding hydrogens is 386 g/mol. The minimum Gasteiger partial charge on any atom is -0.460 e. The highest BCUT2D eigenvalue weighted by Gasteiger charge is 2.38. The van der Waals surface area contributed by atoms with E-state index in [1.807, 2.05) is 112 Å². The Labute approximate surface area is 184 Å². The fourth-order valence-electron chi connectivity index (χ4n) is 3.79. The molecule has 0 aliphatic carbocycles. The number of carbonyl (C=O) groups is 2. The first-order chi connectivity index (χ1) is 14.8. The highest BCUT2D eigenvalue weighted by molar-refractivity contribution is 5.76. The van der Waals surface area contributed by atoms with E-state index in [4.69, 9.17) is 4.74 Å². The van der Waals surface area contributed by atoms with Crippen molar-refractivity contribution in [3.63, 3.8) is 0 Å².